The minimum Gasteiger partial charge on any atom is -0.480 e. The van der Waals surface area contributed by atoms with Gasteiger partial charge in [-0.25, -0.2) is 4.79 Å². The second-order valence-corrected chi connectivity index (χ2v) is 14.8. The zero-order chi connectivity index (χ0) is 38.3. The SMILES string of the molecule is CC[C@H](C)[C@H](NC(=O)[C@@H](N)C(C)C)C(=O)N[C@@H](CC(C)C)C(=O)N[C@H](C(=O)N[C@@H](CC(C)C)C(=O)N[C@@H](Cc1ccccc1)C(=O)O)C(C)C. The monoisotopic (exact) mass is 702 g/mol. The molecule has 0 spiro atoms. The molecule has 1 aromatic carbocycles. The van der Waals surface area contributed by atoms with E-state index in [4.69, 9.17) is 5.73 Å². The van der Waals surface area contributed by atoms with Crippen molar-refractivity contribution in [3.05, 3.63) is 35.9 Å². The van der Waals surface area contributed by atoms with Crippen molar-refractivity contribution in [3.8, 4) is 0 Å². The van der Waals surface area contributed by atoms with E-state index in [1.54, 1.807) is 38.1 Å². The number of rotatable bonds is 21. The number of hydrogen-bond acceptors (Lipinski definition) is 7. The first kappa shape index (κ1) is 44.0. The number of benzene rings is 1. The van der Waals surface area contributed by atoms with Crippen molar-refractivity contribution in [1.29, 1.82) is 0 Å². The largest absolute Gasteiger partial charge is 0.480 e. The third kappa shape index (κ3) is 14.9. The van der Waals surface area contributed by atoms with Gasteiger partial charge in [-0.1, -0.05) is 106 Å². The molecule has 8 N–H and O–H groups in total. The predicted octanol–water partition coefficient (Wildman–Crippen LogP) is 2.52. The van der Waals surface area contributed by atoms with Crippen LogP contribution in [-0.4, -0.2) is 76.9 Å². The minimum absolute atomic E-state index is 0.0134. The van der Waals surface area contributed by atoms with Gasteiger partial charge in [-0.15, -0.1) is 0 Å². The number of amides is 5. The van der Waals surface area contributed by atoms with E-state index in [-0.39, 0.29) is 42.9 Å². The van der Waals surface area contributed by atoms with Crippen LogP contribution in [0.1, 0.15) is 94.1 Å². The lowest BCUT2D eigenvalue weighted by atomic mass is 9.95. The molecule has 0 bridgehead atoms. The Hall–Kier alpha value is -4.00. The Morgan fingerprint density at radius 1 is 0.600 bits per heavy atom. The molecule has 0 radical (unpaired) electrons. The maximum Gasteiger partial charge on any atom is 0.326 e. The van der Waals surface area contributed by atoms with Gasteiger partial charge in [-0.3, -0.25) is 24.0 Å². The van der Waals surface area contributed by atoms with Crippen LogP contribution in [0.2, 0.25) is 0 Å². The number of carboxylic acids is 1. The maximum atomic E-state index is 13.7. The average Bonchev–Trinajstić information content (AvgIpc) is 3.03. The van der Waals surface area contributed by atoms with Gasteiger partial charge in [0.25, 0.3) is 0 Å². The number of carbonyl (C=O) groups is 6. The lowest BCUT2D eigenvalue weighted by Gasteiger charge is -2.30. The van der Waals surface area contributed by atoms with Gasteiger partial charge in [-0.05, 0) is 48.0 Å². The maximum absolute atomic E-state index is 13.7. The van der Waals surface area contributed by atoms with Gasteiger partial charge >= 0.3 is 5.97 Å². The first-order chi connectivity index (χ1) is 23.3. The van der Waals surface area contributed by atoms with Gasteiger partial charge in [0, 0.05) is 6.42 Å². The second-order valence-electron chi connectivity index (χ2n) is 14.8. The Labute approximate surface area is 298 Å². The third-order valence-electron chi connectivity index (χ3n) is 8.64. The van der Waals surface area contributed by atoms with Crippen LogP contribution in [-0.2, 0) is 35.2 Å². The van der Waals surface area contributed by atoms with Crippen molar-refractivity contribution in [2.24, 2.45) is 35.3 Å². The Bertz CT molecular complexity index is 1270. The van der Waals surface area contributed by atoms with Gasteiger partial charge in [0.2, 0.25) is 29.5 Å². The zero-order valence-corrected chi connectivity index (χ0v) is 31.5. The molecule has 282 valence electrons. The lowest BCUT2D eigenvalue weighted by molar-refractivity contribution is -0.142. The molecule has 0 aliphatic rings. The van der Waals surface area contributed by atoms with Crippen LogP contribution in [0.5, 0.6) is 0 Å². The molecule has 5 amide bonds. The summed E-state index contributed by atoms with van der Waals surface area (Å²) in [4.78, 5) is 79.3. The molecule has 0 saturated heterocycles. The molecule has 13 nitrogen and oxygen atoms in total. The fraction of sp³-hybridized carbons (Fsp3) is 0.676. The summed E-state index contributed by atoms with van der Waals surface area (Å²) >= 11 is 0. The summed E-state index contributed by atoms with van der Waals surface area (Å²) in [6.07, 6.45) is 1.12. The quantitative estimate of drug-likeness (QED) is 0.101. The lowest BCUT2D eigenvalue weighted by Crippen LogP contribution is -2.61. The molecule has 0 saturated carbocycles. The summed E-state index contributed by atoms with van der Waals surface area (Å²) in [5.74, 6) is -4.92. The Morgan fingerprint density at radius 2 is 1.04 bits per heavy atom. The summed E-state index contributed by atoms with van der Waals surface area (Å²) in [6, 6.07) is 2.76. The first-order valence-electron chi connectivity index (χ1n) is 17.8. The van der Waals surface area contributed by atoms with Crippen LogP contribution in [0.4, 0.5) is 0 Å². The van der Waals surface area contributed by atoms with E-state index in [1.807, 2.05) is 61.5 Å². The summed E-state index contributed by atoms with van der Waals surface area (Å²) in [6.45, 7) is 18.3. The molecular weight excluding hydrogens is 640 g/mol. The fourth-order valence-electron chi connectivity index (χ4n) is 5.29. The van der Waals surface area contributed by atoms with Crippen LogP contribution in [0.3, 0.4) is 0 Å². The predicted molar refractivity (Wildman–Crippen MR) is 193 cm³/mol. The standard InChI is InChI=1S/C37H62N6O7/c1-11-24(10)31(43-34(46)29(38)22(6)7)36(48)40-27(18-21(4)5)33(45)42-30(23(8)9)35(47)39-26(17-20(2)3)32(44)41-28(37(49)50)19-25-15-13-12-14-16-25/h12-16,20-24,26-31H,11,17-19,38H2,1-10H3,(H,39,47)(H,40,48)(H,41,44)(H,42,45)(H,43,46)(H,49,50)/t24-,26-,27-,28-,29-,30-,31-/m0/s1. The molecular formula is C37H62N6O7. The number of aliphatic carboxylic acids is 1. The van der Waals surface area contributed by atoms with Crippen molar-refractivity contribution in [3.63, 3.8) is 0 Å². The highest BCUT2D eigenvalue weighted by atomic mass is 16.4. The van der Waals surface area contributed by atoms with Gasteiger partial charge in [0.15, 0.2) is 0 Å². The molecule has 0 aromatic heterocycles. The Morgan fingerprint density at radius 3 is 1.46 bits per heavy atom. The van der Waals surface area contributed by atoms with E-state index >= 15 is 0 Å². The average molecular weight is 703 g/mol. The summed E-state index contributed by atoms with van der Waals surface area (Å²) in [5, 5.41) is 23.5. The number of carboxylic acid groups (broad SMARTS) is 1. The normalized spacial score (nSPS) is 15.7. The van der Waals surface area contributed by atoms with Crippen molar-refractivity contribution < 1.29 is 33.9 Å². The highest BCUT2D eigenvalue weighted by molar-refractivity contribution is 5.96. The van der Waals surface area contributed by atoms with E-state index in [0.717, 1.165) is 5.56 Å². The van der Waals surface area contributed by atoms with E-state index in [2.05, 4.69) is 26.6 Å². The molecule has 1 rings (SSSR count). The number of nitrogens with two attached hydrogens (primary N) is 1. The summed E-state index contributed by atoms with van der Waals surface area (Å²) in [5.41, 5.74) is 6.76. The highest BCUT2D eigenvalue weighted by Gasteiger charge is 2.35. The molecule has 50 heavy (non-hydrogen) atoms. The van der Waals surface area contributed by atoms with E-state index in [9.17, 15) is 33.9 Å². The molecule has 0 aliphatic heterocycles. The molecule has 0 fully saturated rings. The van der Waals surface area contributed by atoms with Crippen molar-refractivity contribution in [2.75, 3.05) is 0 Å². The summed E-state index contributed by atoms with van der Waals surface area (Å²) in [7, 11) is 0. The fourth-order valence-corrected chi connectivity index (χ4v) is 5.29. The number of carbonyl (C=O) groups excluding carboxylic acids is 5. The highest BCUT2D eigenvalue weighted by Crippen LogP contribution is 2.14. The van der Waals surface area contributed by atoms with E-state index in [0.29, 0.717) is 6.42 Å². The number of nitrogens with one attached hydrogen (secondary N) is 5. The number of hydrogen-bond donors (Lipinski definition) is 7. The first-order valence-corrected chi connectivity index (χ1v) is 17.8. The smallest absolute Gasteiger partial charge is 0.326 e. The van der Waals surface area contributed by atoms with Crippen LogP contribution < -0.4 is 32.3 Å². The molecule has 13 heteroatoms. The van der Waals surface area contributed by atoms with Crippen LogP contribution in [0.15, 0.2) is 30.3 Å². The van der Waals surface area contributed by atoms with Gasteiger partial charge in [0.1, 0.15) is 30.2 Å². The third-order valence-corrected chi connectivity index (χ3v) is 8.64. The van der Waals surface area contributed by atoms with Crippen LogP contribution in [0.25, 0.3) is 0 Å². The van der Waals surface area contributed by atoms with Gasteiger partial charge in [-0.2, -0.15) is 0 Å². The van der Waals surface area contributed by atoms with Gasteiger partial charge < -0.3 is 37.4 Å². The zero-order valence-electron chi connectivity index (χ0n) is 31.5. The van der Waals surface area contributed by atoms with Crippen molar-refractivity contribution >= 4 is 35.5 Å². The Kier molecular flexibility index (Phi) is 18.7. The Balaban J connectivity index is 3.20. The van der Waals surface area contributed by atoms with Gasteiger partial charge in [0.05, 0.1) is 6.04 Å². The topological polar surface area (TPSA) is 209 Å². The molecule has 7 atom stereocenters. The van der Waals surface area contributed by atoms with Crippen molar-refractivity contribution in [2.45, 2.75) is 131 Å². The molecule has 0 heterocycles. The van der Waals surface area contributed by atoms with E-state index < -0.39 is 77.7 Å². The van der Waals surface area contributed by atoms with Crippen molar-refractivity contribution in [1.82, 2.24) is 26.6 Å². The molecule has 0 unspecified atom stereocenters. The van der Waals surface area contributed by atoms with E-state index in [1.165, 1.54) is 0 Å². The van der Waals surface area contributed by atoms with Crippen LogP contribution >= 0.6 is 0 Å². The second kappa shape index (κ2) is 21.3. The molecule has 1 aromatic rings. The molecule has 0 aliphatic carbocycles. The van der Waals surface area contributed by atoms with Crippen LogP contribution in [0, 0.1) is 29.6 Å². The summed E-state index contributed by atoms with van der Waals surface area (Å²) < 4.78 is 0. The minimum atomic E-state index is -1.22.